The van der Waals surface area contributed by atoms with E-state index in [1.165, 1.54) is 12.1 Å². The van der Waals surface area contributed by atoms with Crippen LogP contribution in [0.1, 0.15) is 5.56 Å². The number of rotatable bonds is 2. The zero-order chi connectivity index (χ0) is 9.14. The van der Waals surface area contributed by atoms with Crippen molar-refractivity contribution in [3.63, 3.8) is 0 Å². The van der Waals surface area contributed by atoms with E-state index in [1.54, 1.807) is 6.07 Å². The molecule has 1 rings (SSSR count). The van der Waals surface area contributed by atoms with Gasteiger partial charge in [0.25, 0.3) is 0 Å². The van der Waals surface area contributed by atoms with E-state index in [9.17, 15) is 9.18 Å². The molecular weight excluding hydrogens is 272 g/mol. The number of hydrogen-bond acceptors (Lipinski definition) is 1. The van der Waals surface area contributed by atoms with Crippen molar-refractivity contribution in [2.24, 2.45) is 5.73 Å². The largest absolute Gasteiger partial charge is 0.369 e. The van der Waals surface area contributed by atoms with Gasteiger partial charge in [-0.3, -0.25) is 4.79 Å². The Kier molecular flexibility index (Phi) is 3.02. The summed E-state index contributed by atoms with van der Waals surface area (Å²) in [6.07, 6.45) is 0.165. The van der Waals surface area contributed by atoms with E-state index >= 15 is 0 Å². The van der Waals surface area contributed by atoms with Crippen molar-refractivity contribution in [3.8, 4) is 0 Å². The summed E-state index contributed by atoms with van der Waals surface area (Å²) in [7, 11) is 0. The Morgan fingerprint density at radius 2 is 2.25 bits per heavy atom. The zero-order valence-corrected chi connectivity index (χ0v) is 8.34. The SMILES string of the molecule is NC(=O)Cc1ccc(F)cc1I. The molecule has 0 unspecified atom stereocenters. The standard InChI is InChI=1S/C8H7FINO/c9-6-2-1-5(3-8(11)12)7(10)4-6/h1-2,4H,3H2,(H2,11,12). The number of amides is 1. The molecule has 0 radical (unpaired) electrons. The summed E-state index contributed by atoms with van der Waals surface area (Å²) in [5.41, 5.74) is 5.76. The van der Waals surface area contributed by atoms with Crippen LogP contribution in [0.5, 0.6) is 0 Å². The van der Waals surface area contributed by atoms with Crippen LogP contribution < -0.4 is 5.73 Å². The average molecular weight is 279 g/mol. The van der Waals surface area contributed by atoms with E-state index in [-0.39, 0.29) is 12.2 Å². The first-order valence-corrected chi connectivity index (χ1v) is 4.39. The average Bonchev–Trinajstić information content (AvgIpc) is 1.94. The maximum atomic E-state index is 12.6. The molecule has 12 heavy (non-hydrogen) atoms. The number of carbonyl (C=O) groups excluding carboxylic acids is 1. The van der Waals surface area contributed by atoms with Crippen molar-refractivity contribution < 1.29 is 9.18 Å². The molecule has 2 nitrogen and oxygen atoms in total. The first kappa shape index (κ1) is 9.44. The van der Waals surface area contributed by atoms with E-state index in [0.29, 0.717) is 0 Å². The van der Waals surface area contributed by atoms with Gasteiger partial charge in [-0.05, 0) is 40.3 Å². The lowest BCUT2D eigenvalue weighted by Crippen LogP contribution is -2.14. The molecule has 0 aliphatic rings. The third-order valence-corrected chi connectivity index (χ3v) is 2.38. The van der Waals surface area contributed by atoms with Gasteiger partial charge in [-0.2, -0.15) is 0 Å². The first-order valence-electron chi connectivity index (χ1n) is 3.32. The van der Waals surface area contributed by atoms with Crippen molar-refractivity contribution >= 4 is 28.5 Å². The van der Waals surface area contributed by atoms with E-state index in [0.717, 1.165) is 9.13 Å². The third-order valence-electron chi connectivity index (χ3n) is 1.38. The molecule has 0 atom stereocenters. The quantitative estimate of drug-likeness (QED) is 0.818. The third kappa shape index (κ3) is 2.44. The predicted octanol–water partition coefficient (Wildman–Crippen LogP) is 1.46. The molecular formula is C8H7FINO. The molecule has 64 valence electrons. The number of carbonyl (C=O) groups is 1. The van der Waals surface area contributed by atoms with Crippen LogP contribution in [0.25, 0.3) is 0 Å². The van der Waals surface area contributed by atoms with Crippen molar-refractivity contribution in [3.05, 3.63) is 33.1 Å². The summed E-state index contributed by atoms with van der Waals surface area (Å²) in [5.74, 6) is -0.702. The second-order valence-electron chi connectivity index (χ2n) is 2.38. The monoisotopic (exact) mass is 279 g/mol. The van der Waals surface area contributed by atoms with Gasteiger partial charge in [0.15, 0.2) is 0 Å². The number of benzene rings is 1. The summed E-state index contributed by atoms with van der Waals surface area (Å²) >= 11 is 1.97. The van der Waals surface area contributed by atoms with E-state index < -0.39 is 5.91 Å². The van der Waals surface area contributed by atoms with Gasteiger partial charge in [0.1, 0.15) is 5.82 Å². The fourth-order valence-corrected chi connectivity index (χ4v) is 1.52. The highest BCUT2D eigenvalue weighted by Crippen LogP contribution is 2.13. The van der Waals surface area contributed by atoms with Crippen molar-refractivity contribution in [1.29, 1.82) is 0 Å². The maximum absolute atomic E-state index is 12.6. The summed E-state index contributed by atoms with van der Waals surface area (Å²) in [5, 5.41) is 0. The molecule has 0 aliphatic heterocycles. The Balaban J connectivity index is 2.93. The minimum atomic E-state index is -0.403. The predicted molar refractivity (Wildman–Crippen MR) is 52.0 cm³/mol. The fourth-order valence-electron chi connectivity index (χ4n) is 0.853. The molecule has 0 saturated carbocycles. The van der Waals surface area contributed by atoms with Crippen LogP contribution in [0.2, 0.25) is 0 Å². The summed E-state index contributed by atoms with van der Waals surface area (Å²) in [4.78, 5) is 10.5. The number of hydrogen-bond donors (Lipinski definition) is 1. The van der Waals surface area contributed by atoms with Crippen LogP contribution in [0, 0.1) is 9.39 Å². The second-order valence-corrected chi connectivity index (χ2v) is 3.54. The molecule has 0 spiro atoms. The lowest BCUT2D eigenvalue weighted by molar-refractivity contribution is -0.117. The van der Waals surface area contributed by atoms with Crippen LogP contribution in [0.3, 0.4) is 0 Å². The number of nitrogens with two attached hydrogens (primary N) is 1. The van der Waals surface area contributed by atoms with Gasteiger partial charge in [0.05, 0.1) is 6.42 Å². The maximum Gasteiger partial charge on any atom is 0.221 e. The summed E-state index contributed by atoms with van der Waals surface area (Å²) in [6, 6.07) is 4.27. The van der Waals surface area contributed by atoms with Crippen LogP contribution in [-0.4, -0.2) is 5.91 Å². The Morgan fingerprint density at radius 3 is 2.75 bits per heavy atom. The first-order chi connectivity index (χ1) is 5.59. The molecule has 1 aromatic rings. The lowest BCUT2D eigenvalue weighted by Gasteiger charge is -2.00. The van der Waals surface area contributed by atoms with E-state index in [4.69, 9.17) is 5.73 Å². The van der Waals surface area contributed by atoms with E-state index in [1.807, 2.05) is 22.6 Å². The van der Waals surface area contributed by atoms with Gasteiger partial charge in [0, 0.05) is 3.57 Å². The topological polar surface area (TPSA) is 43.1 Å². The Labute approximate surface area is 83.1 Å². The van der Waals surface area contributed by atoms with Crippen molar-refractivity contribution in [2.75, 3.05) is 0 Å². The van der Waals surface area contributed by atoms with Crippen LogP contribution in [-0.2, 0) is 11.2 Å². The number of halogens is 2. The zero-order valence-electron chi connectivity index (χ0n) is 6.18. The second kappa shape index (κ2) is 3.84. The molecule has 4 heteroatoms. The molecule has 0 aliphatic carbocycles. The highest BCUT2D eigenvalue weighted by Gasteiger charge is 2.03. The van der Waals surface area contributed by atoms with Gasteiger partial charge >= 0.3 is 0 Å². The molecule has 0 saturated heterocycles. The number of primary amides is 1. The molecule has 1 aromatic carbocycles. The highest BCUT2D eigenvalue weighted by atomic mass is 127. The summed E-state index contributed by atoms with van der Waals surface area (Å²) < 4.78 is 13.3. The minimum absolute atomic E-state index is 0.165. The smallest absolute Gasteiger partial charge is 0.221 e. The van der Waals surface area contributed by atoms with Crippen molar-refractivity contribution in [1.82, 2.24) is 0 Å². The van der Waals surface area contributed by atoms with E-state index in [2.05, 4.69) is 0 Å². The molecule has 0 fully saturated rings. The van der Waals surface area contributed by atoms with Gasteiger partial charge in [-0.25, -0.2) is 4.39 Å². The highest BCUT2D eigenvalue weighted by molar-refractivity contribution is 14.1. The minimum Gasteiger partial charge on any atom is -0.369 e. The Hall–Kier alpha value is -0.650. The Bertz CT molecular complexity index is 314. The summed E-state index contributed by atoms with van der Waals surface area (Å²) in [6.45, 7) is 0. The molecule has 0 bridgehead atoms. The normalized spacial score (nSPS) is 9.83. The fraction of sp³-hybridized carbons (Fsp3) is 0.125. The van der Waals surface area contributed by atoms with Gasteiger partial charge in [-0.1, -0.05) is 6.07 Å². The van der Waals surface area contributed by atoms with Gasteiger partial charge < -0.3 is 5.73 Å². The van der Waals surface area contributed by atoms with Crippen molar-refractivity contribution in [2.45, 2.75) is 6.42 Å². The molecule has 0 aromatic heterocycles. The van der Waals surface area contributed by atoms with Crippen LogP contribution >= 0.6 is 22.6 Å². The lowest BCUT2D eigenvalue weighted by atomic mass is 10.1. The molecule has 0 heterocycles. The van der Waals surface area contributed by atoms with Gasteiger partial charge in [-0.15, -0.1) is 0 Å². The Morgan fingerprint density at radius 1 is 1.58 bits per heavy atom. The van der Waals surface area contributed by atoms with Crippen LogP contribution in [0.15, 0.2) is 18.2 Å². The molecule has 1 amide bonds. The van der Waals surface area contributed by atoms with Gasteiger partial charge in [0.2, 0.25) is 5.91 Å². The molecule has 2 N–H and O–H groups in total. The van der Waals surface area contributed by atoms with Crippen LogP contribution in [0.4, 0.5) is 4.39 Å².